The maximum Gasteiger partial charge on any atom is 0.0417 e. The molecule has 2 aliphatic carbocycles. The molecule has 3 rings (SSSR count). The Morgan fingerprint density at radius 3 is 2.82 bits per heavy atom. The smallest absolute Gasteiger partial charge is 0.0417 e. The first-order valence-corrected chi connectivity index (χ1v) is 6.34. The van der Waals surface area contributed by atoms with Gasteiger partial charge in [-0.15, -0.1) is 0 Å². The number of aryl methyl sites for hydroxylation is 1. The molecular formula is C16H17N. The van der Waals surface area contributed by atoms with E-state index in [1.54, 1.807) is 0 Å². The topological polar surface area (TPSA) is 12.0 Å². The maximum atomic E-state index is 3.58. The second-order valence-corrected chi connectivity index (χ2v) is 4.60. The minimum Gasteiger partial charge on any atom is -0.359 e. The molecule has 0 amide bonds. The summed E-state index contributed by atoms with van der Waals surface area (Å²) in [6.07, 6.45) is 13.4. The number of benzene rings is 1. The molecule has 0 atom stereocenters. The van der Waals surface area contributed by atoms with Crippen LogP contribution >= 0.6 is 0 Å². The molecule has 0 spiro atoms. The molecule has 86 valence electrons. The fourth-order valence-corrected chi connectivity index (χ4v) is 2.48. The van der Waals surface area contributed by atoms with Gasteiger partial charge in [-0.05, 0) is 37.3 Å². The summed E-state index contributed by atoms with van der Waals surface area (Å²) in [5.74, 6) is 0. The van der Waals surface area contributed by atoms with Gasteiger partial charge >= 0.3 is 0 Å². The maximum absolute atomic E-state index is 3.58. The van der Waals surface area contributed by atoms with Crippen molar-refractivity contribution in [1.82, 2.24) is 5.32 Å². The Balaban J connectivity index is 1.86. The van der Waals surface area contributed by atoms with Gasteiger partial charge in [0, 0.05) is 17.0 Å². The highest BCUT2D eigenvalue weighted by atomic mass is 14.9. The van der Waals surface area contributed by atoms with E-state index in [-0.39, 0.29) is 0 Å². The van der Waals surface area contributed by atoms with Gasteiger partial charge in [0.2, 0.25) is 0 Å². The molecule has 0 aromatic heterocycles. The van der Waals surface area contributed by atoms with E-state index in [4.69, 9.17) is 0 Å². The summed E-state index contributed by atoms with van der Waals surface area (Å²) in [5, 5.41) is 3.58. The van der Waals surface area contributed by atoms with Crippen molar-refractivity contribution in [3.8, 4) is 0 Å². The van der Waals surface area contributed by atoms with Crippen LogP contribution in [0, 0.1) is 0 Å². The molecule has 2 aliphatic rings. The predicted molar refractivity (Wildman–Crippen MR) is 72.3 cm³/mol. The monoisotopic (exact) mass is 223 g/mol. The second kappa shape index (κ2) is 4.62. The lowest BCUT2D eigenvalue weighted by molar-refractivity contribution is 0.864. The van der Waals surface area contributed by atoms with Crippen LogP contribution in [0.15, 0.2) is 54.3 Å². The van der Waals surface area contributed by atoms with Gasteiger partial charge in [-0.2, -0.15) is 0 Å². The Labute approximate surface area is 103 Å². The highest BCUT2D eigenvalue weighted by molar-refractivity contribution is 5.70. The number of nitrogens with one attached hydrogen (secondary N) is 1. The summed E-state index contributed by atoms with van der Waals surface area (Å²) in [6.45, 7) is 0. The molecule has 0 aliphatic heterocycles. The van der Waals surface area contributed by atoms with Crippen molar-refractivity contribution in [2.24, 2.45) is 0 Å². The molecule has 0 bridgehead atoms. The Morgan fingerprint density at radius 1 is 1.00 bits per heavy atom. The zero-order valence-electron chi connectivity index (χ0n) is 9.95. The second-order valence-electron chi connectivity index (χ2n) is 4.60. The first-order chi connectivity index (χ1) is 8.43. The van der Waals surface area contributed by atoms with Crippen molar-refractivity contribution in [3.63, 3.8) is 0 Å². The number of allylic oxidation sites excluding steroid dienone is 5. The predicted octanol–water partition coefficient (Wildman–Crippen LogP) is 3.80. The largest absolute Gasteiger partial charge is 0.359 e. The normalized spacial score (nSPS) is 18.1. The molecule has 1 N–H and O–H groups in total. The van der Waals surface area contributed by atoms with Crippen molar-refractivity contribution in [2.75, 3.05) is 0 Å². The lowest BCUT2D eigenvalue weighted by Crippen LogP contribution is -2.16. The van der Waals surface area contributed by atoms with E-state index in [0.717, 1.165) is 19.3 Å². The summed E-state index contributed by atoms with van der Waals surface area (Å²) < 4.78 is 0. The molecule has 1 aromatic rings. The molecule has 0 fully saturated rings. The molecule has 0 unspecified atom stereocenters. The Kier molecular flexibility index (Phi) is 2.83. The summed E-state index contributed by atoms with van der Waals surface area (Å²) in [5.41, 5.74) is 5.45. The van der Waals surface area contributed by atoms with Gasteiger partial charge in [0.25, 0.3) is 0 Å². The van der Waals surface area contributed by atoms with Crippen LogP contribution in [0.1, 0.15) is 30.4 Å². The van der Waals surface area contributed by atoms with Crippen LogP contribution in [-0.4, -0.2) is 0 Å². The number of hydrogen-bond donors (Lipinski definition) is 1. The van der Waals surface area contributed by atoms with Crippen LogP contribution in [0.2, 0.25) is 0 Å². The quantitative estimate of drug-likeness (QED) is 0.804. The molecule has 0 radical (unpaired) electrons. The third-order valence-corrected chi connectivity index (χ3v) is 3.38. The molecule has 0 heterocycles. The van der Waals surface area contributed by atoms with Gasteiger partial charge in [-0.3, -0.25) is 0 Å². The lowest BCUT2D eigenvalue weighted by atomic mass is 9.94. The van der Waals surface area contributed by atoms with Crippen LogP contribution in [-0.2, 0) is 6.42 Å². The zero-order chi connectivity index (χ0) is 11.5. The third kappa shape index (κ3) is 2.19. The SMILES string of the molecule is C1=CCCC(NC2=CCCc3ccccc32)=C1. The van der Waals surface area contributed by atoms with Gasteiger partial charge in [0.05, 0.1) is 0 Å². The van der Waals surface area contributed by atoms with E-state index in [9.17, 15) is 0 Å². The number of fused-ring (bicyclic) bond motifs is 1. The summed E-state index contributed by atoms with van der Waals surface area (Å²) in [7, 11) is 0. The molecule has 0 saturated carbocycles. The standard InChI is InChI=1S/C16H17N/c1-2-9-14(10-3-1)17-16-12-6-8-13-7-4-5-11-15(13)16/h1-2,4-5,7,9,11-12,17H,3,6,8,10H2. The molecule has 1 heteroatoms. The third-order valence-electron chi connectivity index (χ3n) is 3.38. The molecular weight excluding hydrogens is 206 g/mol. The van der Waals surface area contributed by atoms with E-state index in [2.05, 4.69) is 53.9 Å². The van der Waals surface area contributed by atoms with Crippen LogP contribution in [0.25, 0.3) is 5.70 Å². The highest BCUT2D eigenvalue weighted by Crippen LogP contribution is 2.26. The average molecular weight is 223 g/mol. The minimum absolute atomic E-state index is 1.12. The van der Waals surface area contributed by atoms with Crippen molar-refractivity contribution in [2.45, 2.75) is 25.7 Å². The fourth-order valence-electron chi connectivity index (χ4n) is 2.48. The van der Waals surface area contributed by atoms with Crippen molar-refractivity contribution < 1.29 is 0 Å². The van der Waals surface area contributed by atoms with Gasteiger partial charge in [0.15, 0.2) is 0 Å². The Bertz CT molecular complexity index is 506. The first kappa shape index (κ1) is 10.4. The Morgan fingerprint density at radius 2 is 1.94 bits per heavy atom. The average Bonchev–Trinajstić information content (AvgIpc) is 2.40. The summed E-state index contributed by atoms with van der Waals surface area (Å²) >= 11 is 0. The van der Waals surface area contributed by atoms with Crippen LogP contribution < -0.4 is 5.32 Å². The molecule has 17 heavy (non-hydrogen) atoms. The lowest BCUT2D eigenvalue weighted by Gasteiger charge is -2.21. The van der Waals surface area contributed by atoms with E-state index in [0.29, 0.717) is 0 Å². The minimum atomic E-state index is 1.12. The molecule has 1 nitrogen and oxygen atoms in total. The first-order valence-electron chi connectivity index (χ1n) is 6.34. The van der Waals surface area contributed by atoms with Gasteiger partial charge in [-0.25, -0.2) is 0 Å². The van der Waals surface area contributed by atoms with Crippen molar-refractivity contribution in [1.29, 1.82) is 0 Å². The zero-order valence-corrected chi connectivity index (χ0v) is 9.95. The van der Waals surface area contributed by atoms with Gasteiger partial charge < -0.3 is 5.32 Å². The van der Waals surface area contributed by atoms with Gasteiger partial charge in [0.1, 0.15) is 0 Å². The number of hydrogen-bond acceptors (Lipinski definition) is 1. The fraction of sp³-hybridized carbons (Fsp3) is 0.250. The summed E-state index contributed by atoms with van der Waals surface area (Å²) in [6, 6.07) is 8.70. The van der Waals surface area contributed by atoms with E-state index < -0.39 is 0 Å². The molecule has 0 saturated heterocycles. The van der Waals surface area contributed by atoms with Crippen LogP contribution in [0.5, 0.6) is 0 Å². The van der Waals surface area contributed by atoms with E-state index in [1.165, 1.54) is 28.9 Å². The van der Waals surface area contributed by atoms with E-state index >= 15 is 0 Å². The van der Waals surface area contributed by atoms with Crippen LogP contribution in [0.3, 0.4) is 0 Å². The number of rotatable bonds is 2. The summed E-state index contributed by atoms with van der Waals surface area (Å²) in [4.78, 5) is 0. The van der Waals surface area contributed by atoms with Crippen LogP contribution in [0.4, 0.5) is 0 Å². The molecule has 1 aromatic carbocycles. The Hall–Kier alpha value is -1.76. The van der Waals surface area contributed by atoms with Gasteiger partial charge in [-0.1, -0.05) is 42.5 Å². The van der Waals surface area contributed by atoms with Crippen molar-refractivity contribution in [3.05, 3.63) is 65.4 Å². The van der Waals surface area contributed by atoms with E-state index in [1.807, 2.05) is 0 Å². The highest BCUT2D eigenvalue weighted by Gasteiger charge is 2.12. The van der Waals surface area contributed by atoms with Crippen molar-refractivity contribution >= 4 is 5.70 Å².